The van der Waals surface area contributed by atoms with Crippen molar-refractivity contribution in [2.45, 2.75) is 6.54 Å². The number of hydrogen-bond acceptors (Lipinski definition) is 4. The number of benzene rings is 1. The van der Waals surface area contributed by atoms with Gasteiger partial charge in [0.1, 0.15) is 0 Å². The fourth-order valence-electron chi connectivity index (χ4n) is 2.07. The van der Waals surface area contributed by atoms with Crippen molar-refractivity contribution in [1.82, 2.24) is 15.5 Å². The van der Waals surface area contributed by atoms with Gasteiger partial charge in [0.25, 0.3) is 0 Å². The van der Waals surface area contributed by atoms with Crippen molar-refractivity contribution in [1.29, 1.82) is 0 Å². The van der Waals surface area contributed by atoms with Crippen LogP contribution in [0.3, 0.4) is 0 Å². The molecule has 114 valence electrons. The fraction of sp³-hybridized carbons (Fsp3) is 0.467. The summed E-state index contributed by atoms with van der Waals surface area (Å²) in [5, 5.41) is 5.68. The van der Waals surface area contributed by atoms with Crippen molar-refractivity contribution in [2.75, 3.05) is 39.4 Å². The Morgan fingerprint density at radius 1 is 1.10 bits per heavy atom. The second-order valence-corrected chi connectivity index (χ2v) is 4.86. The van der Waals surface area contributed by atoms with Crippen molar-refractivity contribution in [2.24, 2.45) is 0 Å². The lowest BCUT2D eigenvalue weighted by Gasteiger charge is -2.26. The van der Waals surface area contributed by atoms with Gasteiger partial charge >= 0.3 is 0 Å². The summed E-state index contributed by atoms with van der Waals surface area (Å²) in [4.78, 5) is 25.2. The van der Waals surface area contributed by atoms with Crippen LogP contribution in [0.4, 0.5) is 0 Å². The minimum absolute atomic E-state index is 0.00848. The van der Waals surface area contributed by atoms with Crippen LogP contribution in [0, 0.1) is 0 Å². The van der Waals surface area contributed by atoms with E-state index in [0.29, 0.717) is 32.8 Å². The first-order chi connectivity index (χ1) is 10.3. The predicted octanol–water partition coefficient (Wildman–Crippen LogP) is -0.249. The van der Waals surface area contributed by atoms with E-state index >= 15 is 0 Å². The first kappa shape index (κ1) is 15.5. The number of carbonyl (C=O) groups is 2. The normalized spacial score (nSPS) is 14.8. The Morgan fingerprint density at radius 3 is 2.52 bits per heavy atom. The highest BCUT2D eigenvalue weighted by molar-refractivity contribution is 5.81. The minimum Gasteiger partial charge on any atom is -0.378 e. The van der Waals surface area contributed by atoms with E-state index in [4.69, 9.17) is 4.74 Å². The van der Waals surface area contributed by atoms with Crippen LogP contribution in [0.25, 0.3) is 0 Å². The number of morpholine rings is 1. The van der Waals surface area contributed by atoms with Gasteiger partial charge in [0.2, 0.25) is 11.8 Å². The Bertz CT molecular complexity index is 458. The summed E-state index contributed by atoms with van der Waals surface area (Å²) in [5.41, 5.74) is 1.05. The standard InChI is InChI=1S/C15H21N3O3/c19-14(17-10-13-4-2-1-3-5-13)11-16-12-15(20)18-6-8-21-9-7-18/h1-5,16H,6-12H2,(H,17,19). The summed E-state index contributed by atoms with van der Waals surface area (Å²) < 4.78 is 5.19. The van der Waals surface area contributed by atoms with Crippen molar-refractivity contribution in [3.8, 4) is 0 Å². The third-order valence-electron chi connectivity index (χ3n) is 3.26. The molecule has 2 N–H and O–H groups in total. The van der Waals surface area contributed by atoms with Gasteiger partial charge in [-0.1, -0.05) is 30.3 Å². The number of nitrogens with zero attached hydrogens (tertiary/aromatic N) is 1. The molecule has 2 rings (SSSR count). The molecular weight excluding hydrogens is 270 g/mol. The predicted molar refractivity (Wildman–Crippen MR) is 78.6 cm³/mol. The molecule has 2 amide bonds. The Balaban J connectivity index is 1.59. The zero-order valence-electron chi connectivity index (χ0n) is 12.0. The van der Waals surface area contributed by atoms with E-state index < -0.39 is 0 Å². The van der Waals surface area contributed by atoms with Crippen LogP contribution in [0.5, 0.6) is 0 Å². The van der Waals surface area contributed by atoms with Crippen LogP contribution in [0.2, 0.25) is 0 Å². The summed E-state index contributed by atoms with van der Waals surface area (Å²) >= 11 is 0. The van der Waals surface area contributed by atoms with Gasteiger partial charge in [-0.15, -0.1) is 0 Å². The van der Waals surface area contributed by atoms with Crippen molar-refractivity contribution in [3.05, 3.63) is 35.9 Å². The molecule has 0 unspecified atom stereocenters. The molecule has 0 radical (unpaired) electrons. The van der Waals surface area contributed by atoms with Gasteiger partial charge in [0, 0.05) is 19.6 Å². The highest BCUT2D eigenvalue weighted by Gasteiger charge is 2.16. The van der Waals surface area contributed by atoms with Gasteiger partial charge in [-0.2, -0.15) is 0 Å². The molecule has 0 spiro atoms. The molecule has 21 heavy (non-hydrogen) atoms. The molecule has 1 heterocycles. The Hall–Kier alpha value is -1.92. The average Bonchev–Trinajstić information content (AvgIpc) is 2.54. The minimum atomic E-state index is -0.117. The second-order valence-electron chi connectivity index (χ2n) is 4.86. The van der Waals surface area contributed by atoms with E-state index in [1.54, 1.807) is 4.90 Å². The topological polar surface area (TPSA) is 70.7 Å². The fourth-order valence-corrected chi connectivity index (χ4v) is 2.07. The maximum Gasteiger partial charge on any atom is 0.236 e. The van der Waals surface area contributed by atoms with Gasteiger partial charge < -0.3 is 15.0 Å². The molecular formula is C15H21N3O3. The van der Waals surface area contributed by atoms with Gasteiger partial charge in [-0.25, -0.2) is 0 Å². The molecule has 1 aromatic rings. The van der Waals surface area contributed by atoms with E-state index in [2.05, 4.69) is 10.6 Å². The zero-order chi connectivity index (χ0) is 14.9. The highest BCUT2D eigenvalue weighted by Crippen LogP contribution is 1.97. The smallest absolute Gasteiger partial charge is 0.236 e. The molecule has 0 aliphatic carbocycles. The molecule has 6 nitrogen and oxygen atoms in total. The van der Waals surface area contributed by atoms with Gasteiger partial charge in [0.15, 0.2) is 0 Å². The number of rotatable bonds is 6. The number of nitrogens with one attached hydrogen (secondary N) is 2. The summed E-state index contributed by atoms with van der Waals surface area (Å²) in [7, 11) is 0. The second kappa shape index (κ2) is 8.39. The van der Waals surface area contributed by atoms with Crippen molar-refractivity contribution >= 4 is 11.8 Å². The summed E-state index contributed by atoms with van der Waals surface area (Å²) in [6.45, 7) is 3.24. The summed E-state index contributed by atoms with van der Waals surface area (Å²) in [5.74, 6) is -0.109. The molecule has 1 fully saturated rings. The quantitative estimate of drug-likeness (QED) is 0.758. The SMILES string of the molecule is O=C(CNCC(=O)N1CCOCC1)NCc1ccccc1. The average molecular weight is 291 g/mol. The van der Waals surface area contributed by atoms with Crippen LogP contribution < -0.4 is 10.6 Å². The molecule has 6 heteroatoms. The largest absolute Gasteiger partial charge is 0.378 e. The third kappa shape index (κ3) is 5.53. The van der Waals surface area contributed by atoms with E-state index in [-0.39, 0.29) is 24.9 Å². The van der Waals surface area contributed by atoms with Crippen LogP contribution in [-0.2, 0) is 20.9 Å². The Kier molecular flexibility index (Phi) is 6.18. The van der Waals surface area contributed by atoms with Crippen LogP contribution in [-0.4, -0.2) is 56.1 Å². The lowest BCUT2D eigenvalue weighted by atomic mass is 10.2. The molecule has 1 saturated heterocycles. The molecule has 1 aliphatic heterocycles. The number of hydrogen-bond donors (Lipinski definition) is 2. The zero-order valence-corrected chi connectivity index (χ0v) is 12.0. The molecule has 0 atom stereocenters. The summed E-state index contributed by atoms with van der Waals surface area (Å²) in [6.07, 6.45) is 0. The Labute approximate surface area is 124 Å². The van der Waals surface area contributed by atoms with Crippen molar-refractivity contribution in [3.63, 3.8) is 0 Å². The van der Waals surface area contributed by atoms with Crippen LogP contribution in [0.1, 0.15) is 5.56 Å². The lowest BCUT2D eigenvalue weighted by Crippen LogP contribution is -2.46. The molecule has 0 saturated carbocycles. The van der Waals surface area contributed by atoms with Crippen LogP contribution >= 0.6 is 0 Å². The first-order valence-electron chi connectivity index (χ1n) is 7.12. The Morgan fingerprint density at radius 2 is 1.81 bits per heavy atom. The van der Waals surface area contributed by atoms with Crippen LogP contribution in [0.15, 0.2) is 30.3 Å². The molecule has 0 aromatic heterocycles. The monoisotopic (exact) mass is 291 g/mol. The number of carbonyl (C=O) groups excluding carboxylic acids is 2. The van der Waals surface area contributed by atoms with Crippen molar-refractivity contribution < 1.29 is 14.3 Å². The molecule has 1 aromatic carbocycles. The van der Waals surface area contributed by atoms with Gasteiger partial charge in [-0.3, -0.25) is 14.9 Å². The van der Waals surface area contributed by atoms with Gasteiger partial charge in [0.05, 0.1) is 26.3 Å². The number of ether oxygens (including phenoxy) is 1. The van der Waals surface area contributed by atoms with Gasteiger partial charge in [-0.05, 0) is 5.56 Å². The van der Waals surface area contributed by atoms with E-state index in [0.717, 1.165) is 5.56 Å². The maximum atomic E-state index is 11.8. The third-order valence-corrected chi connectivity index (χ3v) is 3.26. The first-order valence-corrected chi connectivity index (χ1v) is 7.12. The summed E-state index contributed by atoms with van der Waals surface area (Å²) in [6, 6.07) is 9.71. The molecule has 0 bridgehead atoms. The number of amides is 2. The highest BCUT2D eigenvalue weighted by atomic mass is 16.5. The van der Waals surface area contributed by atoms with E-state index in [1.165, 1.54) is 0 Å². The van der Waals surface area contributed by atoms with E-state index in [1.807, 2.05) is 30.3 Å². The van der Waals surface area contributed by atoms with E-state index in [9.17, 15) is 9.59 Å². The molecule has 1 aliphatic rings. The maximum absolute atomic E-state index is 11.8. The lowest BCUT2D eigenvalue weighted by molar-refractivity contribution is -0.134.